The third kappa shape index (κ3) is 3.83. The third-order valence-corrected chi connectivity index (χ3v) is 4.53. The van der Waals surface area contributed by atoms with Gasteiger partial charge in [0.25, 0.3) is 0 Å². The Morgan fingerprint density at radius 2 is 2.24 bits per heavy atom. The van der Waals surface area contributed by atoms with Crippen molar-refractivity contribution in [3.05, 3.63) is 23.3 Å². The van der Waals surface area contributed by atoms with E-state index in [0.717, 1.165) is 40.7 Å². The number of benzene rings is 1. The zero-order valence-electron chi connectivity index (χ0n) is 12.7. The molecule has 1 atom stereocenters. The summed E-state index contributed by atoms with van der Waals surface area (Å²) >= 11 is 1.75. The van der Waals surface area contributed by atoms with Crippen molar-refractivity contribution in [2.24, 2.45) is 0 Å². The van der Waals surface area contributed by atoms with Crippen molar-refractivity contribution < 1.29 is 14.3 Å². The van der Waals surface area contributed by atoms with Crippen LogP contribution in [-0.2, 0) is 11.2 Å². The van der Waals surface area contributed by atoms with Crippen LogP contribution in [0.4, 0.5) is 0 Å². The van der Waals surface area contributed by atoms with E-state index in [1.165, 1.54) is 0 Å². The summed E-state index contributed by atoms with van der Waals surface area (Å²) in [5.74, 6) is 3.41. The van der Waals surface area contributed by atoms with Crippen molar-refractivity contribution >= 4 is 17.7 Å². The zero-order valence-corrected chi connectivity index (χ0v) is 13.5. The summed E-state index contributed by atoms with van der Waals surface area (Å²) in [6.07, 6.45) is 0.736. The molecule has 116 valence electrons. The van der Waals surface area contributed by atoms with Gasteiger partial charge in [0.2, 0.25) is 5.91 Å². The van der Waals surface area contributed by atoms with Crippen molar-refractivity contribution in [3.63, 3.8) is 0 Å². The molecule has 0 saturated carbocycles. The zero-order chi connectivity index (χ0) is 15.2. The van der Waals surface area contributed by atoms with E-state index in [-0.39, 0.29) is 11.9 Å². The number of ether oxygens (including phenoxy) is 2. The summed E-state index contributed by atoms with van der Waals surface area (Å²) < 4.78 is 10.8. The van der Waals surface area contributed by atoms with Crippen LogP contribution in [0.3, 0.4) is 0 Å². The van der Waals surface area contributed by atoms with Gasteiger partial charge in [-0.05, 0) is 25.0 Å². The summed E-state index contributed by atoms with van der Waals surface area (Å²) in [6, 6.07) is 3.86. The molecule has 1 aliphatic rings. The fourth-order valence-electron chi connectivity index (χ4n) is 2.44. The number of methoxy groups -OCH3 is 2. The number of carbonyl (C=O) groups is 1. The minimum atomic E-state index is -0.0606. The average molecular weight is 310 g/mol. The summed E-state index contributed by atoms with van der Waals surface area (Å²) in [5, 5.41) is 6.13. The highest BCUT2D eigenvalue weighted by molar-refractivity contribution is 7.99. The predicted molar refractivity (Wildman–Crippen MR) is 85.2 cm³/mol. The van der Waals surface area contributed by atoms with Crippen molar-refractivity contribution in [2.45, 2.75) is 19.4 Å². The number of hydrogen-bond acceptors (Lipinski definition) is 5. The molecule has 0 radical (unpaired) electrons. The standard InChI is InChI=1S/C15H22N2O3S/c1-10-13(19-2)5-4-11(14(10)20-3)6-7-16-15(18)12-8-21-9-17-12/h4-5,12,17H,6-9H2,1-3H3,(H,16,18). The van der Waals surface area contributed by atoms with E-state index in [9.17, 15) is 4.79 Å². The summed E-state index contributed by atoms with van der Waals surface area (Å²) in [6.45, 7) is 2.57. The Kier molecular flexibility index (Phi) is 5.76. The molecule has 1 aliphatic heterocycles. The summed E-state index contributed by atoms with van der Waals surface area (Å²) in [5.41, 5.74) is 2.06. The summed E-state index contributed by atoms with van der Waals surface area (Å²) in [4.78, 5) is 11.9. The molecule has 21 heavy (non-hydrogen) atoms. The van der Waals surface area contributed by atoms with Gasteiger partial charge < -0.3 is 14.8 Å². The lowest BCUT2D eigenvalue weighted by Gasteiger charge is -2.15. The highest BCUT2D eigenvalue weighted by Crippen LogP contribution is 2.31. The molecular formula is C15H22N2O3S. The van der Waals surface area contributed by atoms with Gasteiger partial charge >= 0.3 is 0 Å². The van der Waals surface area contributed by atoms with Crippen molar-refractivity contribution in [3.8, 4) is 11.5 Å². The van der Waals surface area contributed by atoms with E-state index in [4.69, 9.17) is 9.47 Å². The number of rotatable bonds is 6. The second-order valence-corrected chi connectivity index (χ2v) is 5.93. The maximum absolute atomic E-state index is 11.9. The smallest absolute Gasteiger partial charge is 0.238 e. The van der Waals surface area contributed by atoms with E-state index < -0.39 is 0 Å². The number of hydrogen-bond donors (Lipinski definition) is 2. The second kappa shape index (κ2) is 7.56. The van der Waals surface area contributed by atoms with Gasteiger partial charge in [-0.1, -0.05) is 6.07 Å². The quantitative estimate of drug-likeness (QED) is 0.830. The number of carbonyl (C=O) groups excluding carboxylic acids is 1. The Balaban J connectivity index is 1.93. The van der Waals surface area contributed by atoms with Gasteiger partial charge in [0.1, 0.15) is 11.5 Å². The van der Waals surface area contributed by atoms with Gasteiger partial charge in [0, 0.05) is 23.7 Å². The molecule has 1 saturated heterocycles. The molecule has 6 heteroatoms. The Morgan fingerprint density at radius 3 is 2.86 bits per heavy atom. The van der Waals surface area contributed by atoms with Crippen LogP contribution in [0.1, 0.15) is 11.1 Å². The number of amides is 1. The van der Waals surface area contributed by atoms with Crippen molar-refractivity contribution in [1.29, 1.82) is 0 Å². The molecule has 0 aliphatic carbocycles. The number of nitrogens with one attached hydrogen (secondary N) is 2. The third-order valence-electron chi connectivity index (χ3n) is 3.59. The van der Waals surface area contributed by atoms with E-state index in [0.29, 0.717) is 6.54 Å². The normalized spacial score (nSPS) is 17.6. The molecule has 0 aromatic heterocycles. The van der Waals surface area contributed by atoms with E-state index in [1.807, 2.05) is 19.1 Å². The first-order valence-corrected chi connectivity index (χ1v) is 8.12. The van der Waals surface area contributed by atoms with Crippen LogP contribution in [0.2, 0.25) is 0 Å². The minimum Gasteiger partial charge on any atom is -0.496 e. The SMILES string of the molecule is COc1ccc(CCNC(=O)C2CSCN2)c(OC)c1C. The summed E-state index contributed by atoms with van der Waals surface area (Å²) in [7, 11) is 3.30. The van der Waals surface area contributed by atoms with Gasteiger partial charge in [0.05, 0.1) is 20.3 Å². The maximum Gasteiger partial charge on any atom is 0.238 e. The lowest BCUT2D eigenvalue weighted by molar-refractivity contribution is -0.122. The van der Waals surface area contributed by atoms with Crippen LogP contribution in [0.25, 0.3) is 0 Å². The van der Waals surface area contributed by atoms with Crippen LogP contribution in [0.15, 0.2) is 12.1 Å². The molecule has 1 heterocycles. The molecule has 0 spiro atoms. The second-order valence-electron chi connectivity index (χ2n) is 4.90. The van der Waals surface area contributed by atoms with E-state index in [1.54, 1.807) is 26.0 Å². The first kappa shape index (κ1) is 16.0. The molecule has 5 nitrogen and oxygen atoms in total. The van der Waals surface area contributed by atoms with Gasteiger partial charge in [-0.15, -0.1) is 11.8 Å². The van der Waals surface area contributed by atoms with Crippen LogP contribution in [0.5, 0.6) is 11.5 Å². The van der Waals surface area contributed by atoms with Gasteiger partial charge in [0.15, 0.2) is 0 Å². The minimum absolute atomic E-state index is 0.0606. The molecule has 1 aromatic carbocycles. The van der Waals surface area contributed by atoms with Gasteiger partial charge in [-0.3, -0.25) is 10.1 Å². The Labute approximate surface area is 129 Å². The molecular weight excluding hydrogens is 288 g/mol. The van der Waals surface area contributed by atoms with Crippen molar-refractivity contribution in [2.75, 3.05) is 32.4 Å². The van der Waals surface area contributed by atoms with Crippen LogP contribution < -0.4 is 20.1 Å². The van der Waals surface area contributed by atoms with Gasteiger partial charge in [-0.25, -0.2) is 0 Å². The fourth-order valence-corrected chi connectivity index (χ4v) is 3.38. The molecule has 1 unspecified atom stereocenters. The topological polar surface area (TPSA) is 59.6 Å². The number of thioether (sulfide) groups is 1. The first-order valence-electron chi connectivity index (χ1n) is 6.96. The molecule has 1 fully saturated rings. The van der Waals surface area contributed by atoms with E-state index in [2.05, 4.69) is 10.6 Å². The van der Waals surface area contributed by atoms with E-state index >= 15 is 0 Å². The Bertz CT molecular complexity index is 502. The Hall–Kier alpha value is -1.40. The lowest BCUT2D eigenvalue weighted by atomic mass is 10.1. The Morgan fingerprint density at radius 1 is 1.43 bits per heavy atom. The van der Waals surface area contributed by atoms with Crippen molar-refractivity contribution in [1.82, 2.24) is 10.6 Å². The molecule has 1 aromatic rings. The van der Waals surface area contributed by atoms with Crippen LogP contribution in [0, 0.1) is 6.92 Å². The fraction of sp³-hybridized carbons (Fsp3) is 0.533. The van der Waals surface area contributed by atoms with Crippen LogP contribution >= 0.6 is 11.8 Å². The highest BCUT2D eigenvalue weighted by atomic mass is 32.2. The molecule has 2 rings (SSSR count). The molecule has 0 bridgehead atoms. The monoisotopic (exact) mass is 310 g/mol. The predicted octanol–water partition coefficient (Wildman–Crippen LogP) is 1.33. The van der Waals surface area contributed by atoms with Crippen LogP contribution in [-0.4, -0.2) is 44.3 Å². The average Bonchev–Trinajstić information content (AvgIpc) is 3.02. The van der Waals surface area contributed by atoms with Gasteiger partial charge in [-0.2, -0.15) is 0 Å². The first-order chi connectivity index (χ1) is 10.2. The maximum atomic E-state index is 11.9. The molecule has 1 amide bonds. The highest BCUT2D eigenvalue weighted by Gasteiger charge is 2.22. The molecule has 2 N–H and O–H groups in total. The largest absolute Gasteiger partial charge is 0.496 e. The lowest BCUT2D eigenvalue weighted by Crippen LogP contribution is -2.42.